The van der Waals surface area contributed by atoms with Crippen molar-refractivity contribution in [2.24, 2.45) is 0 Å². The lowest BCUT2D eigenvalue weighted by Crippen LogP contribution is -2.07. The third-order valence-electron chi connectivity index (χ3n) is 3.08. The van der Waals surface area contributed by atoms with Crippen LogP contribution in [0, 0.1) is 25.5 Å². The topological polar surface area (TPSA) is 20.2 Å². The zero-order chi connectivity index (χ0) is 14.2. The van der Waals surface area contributed by atoms with Crippen LogP contribution in [-0.2, 0) is 0 Å². The molecule has 0 amide bonds. The summed E-state index contributed by atoms with van der Waals surface area (Å²) in [7, 11) is 0. The van der Waals surface area contributed by atoms with Crippen molar-refractivity contribution in [1.29, 1.82) is 0 Å². The van der Waals surface area contributed by atoms with Crippen LogP contribution in [0.5, 0.6) is 0 Å². The van der Waals surface area contributed by atoms with Crippen molar-refractivity contribution in [1.82, 2.24) is 0 Å². The maximum atomic E-state index is 13.8. The van der Waals surface area contributed by atoms with Crippen LogP contribution in [0.1, 0.15) is 28.4 Å². The average molecular weight is 327 g/mol. The first-order chi connectivity index (χ1) is 8.90. The molecule has 1 atom stereocenters. The van der Waals surface area contributed by atoms with E-state index >= 15 is 0 Å². The quantitative estimate of drug-likeness (QED) is 0.865. The predicted molar refractivity (Wildman–Crippen MR) is 74.0 cm³/mol. The molecule has 100 valence electrons. The summed E-state index contributed by atoms with van der Waals surface area (Å²) in [4.78, 5) is 0. The van der Waals surface area contributed by atoms with E-state index in [2.05, 4.69) is 15.9 Å². The van der Waals surface area contributed by atoms with Crippen LogP contribution in [0.2, 0.25) is 0 Å². The highest BCUT2D eigenvalue weighted by molar-refractivity contribution is 9.10. The molecule has 0 aliphatic rings. The Hall–Kier alpha value is -1.26. The molecule has 2 rings (SSSR count). The molecule has 0 aliphatic carbocycles. The number of benzene rings is 2. The molecule has 0 radical (unpaired) electrons. The van der Waals surface area contributed by atoms with E-state index in [1.165, 1.54) is 24.3 Å². The summed E-state index contributed by atoms with van der Waals surface area (Å²) in [6, 6.07) is 7.05. The summed E-state index contributed by atoms with van der Waals surface area (Å²) in [5, 5.41) is 10.4. The molecule has 0 saturated carbocycles. The van der Waals surface area contributed by atoms with Crippen LogP contribution in [0.15, 0.2) is 34.8 Å². The van der Waals surface area contributed by atoms with Gasteiger partial charge in [0.25, 0.3) is 0 Å². The number of rotatable bonds is 2. The molecule has 19 heavy (non-hydrogen) atoms. The fourth-order valence-electron chi connectivity index (χ4n) is 2.23. The van der Waals surface area contributed by atoms with E-state index in [1.807, 2.05) is 0 Å². The van der Waals surface area contributed by atoms with Gasteiger partial charge >= 0.3 is 0 Å². The fraction of sp³-hybridized carbons (Fsp3) is 0.200. The zero-order valence-electron chi connectivity index (χ0n) is 10.5. The Labute approximate surface area is 119 Å². The molecule has 0 bridgehead atoms. The van der Waals surface area contributed by atoms with E-state index in [0.29, 0.717) is 21.2 Å². The van der Waals surface area contributed by atoms with Crippen LogP contribution >= 0.6 is 15.9 Å². The molecule has 0 saturated heterocycles. The van der Waals surface area contributed by atoms with Gasteiger partial charge in [-0.2, -0.15) is 0 Å². The Morgan fingerprint density at radius 3 is 2.21 bits per heavy atom. The number of aliphatic hydroxyl groups is 1. The molecule has 2 aromatic rings. The molecule has 1 nitrogen and oxygen atoms in total. The van der Waals surface area contributed by atoms with E-state index < -0.39 is 11.9 Å². The van der Waals surface area contributed by atoms with Gasteiger partial charge < -0.3 is 5.11 Å². The Morgan fingerprint density at radius 2 is 1.63 bits per heavy atom. The molecule has 2 aromatic carbocycles. The lowest BCUT2D eigenvalue weighted by Gasteiger charge is -2.18. The van der Waals surface area contributed by atoms with E-state index in [1.54, 1.807) is 19.9 Å². The average Bonchev–Trinajstić information content (AvgIpc) is 2.30. The van der Waals surface area contributed by atoms with E-state index in [-0.39, 0.29) is 11.4 Å². The summed E-state index contributed by atoms with van der Waals surface area (Å²) < 4.78 is 27.7. The van der Waals surface area contributed by atoms with E-state index in [4.69, 9.17) is 0 Å². The van der Waals surface area contributed by atoms with Gasteiger partial charge in [-0.25, -0.2) is 8.78 Å². The monoisotopic (exact) mass is 326 g/mol. The molecular weight excluding hydrogens is 314 g/mol. The lowest BCUT2D eigenvalue weighted by molar-refractivity contribution is 0.213. The molecule has 1 N–H and O–H groups in total. The van der Waals surface area contributed by atoms with E-state index in [0.717, 1.165) is 0 Å². The van der Waals surface area contributed by atoms with Gasteiger partial charge in [-0.05, 0) is 60.9 Å². The minimum absolute atomic E-state index is 0.173. The maximum absolute atomic E-state index is 13.8. The SMILES string of the molecule is Cc1cc(F)cc(C)c1C(O)c1cc(Br)ccc1F. The summed E-state index contributed by atoms with van der Waals surface area (Å²) in [6.45, 7) is 3.40. The highest BCUT2D eigenvalue weighted by Gasteiger charge is 2.19. The van der Waals surface area contributed by atoms with E-state index in [9.17, 15) is 13.9 Å². The highest BCUT2D eigenvalue weighted by Crippen LogP contribution is 2.31. The number of hydrogen-bond donors (Lipinski definition) is 1. The summed E-state index contributed by atoms with van der Waals surface area (Å²) in [6.07, 6.45) is -1.11. The molecule has 1 unspecified atom stereocenters. The Bertz CT molecular complexity index is 603. The van der Waals surface area contributed by atoms with Crippen molar-refractivity contribution in [2.45, 2.75) is 20.0 Å². The van der Waals surface area contributed by atoms with Gasteiger partial charge in [0.05, 0.1) is 0 Å². The highest BCUT2D eigenvalue weighted by atomic mass is 79.9. The van der Waals surface area contributed by atoms with Gasteiger partial charge in [0.15, 0.2) is 0 Å². The maximum Gasteiger partial charge on any atom is 0.129 e. The van der Waals surface area contributed by atoms with Crippen molar-refractivity contribution in [3.8, 4) is 0 Å². The molecule has 0 aliphatic heterocycles. The fourth-order valence-corrected chi connectivity index (χ4v) is 2.61. The van der Waals surface area contributed by atoms with Crippen LogP contribution < -0.4 is 0 Å². The second kappa shape index (κ2) is 5.39. The standard InChI is InChI=1S/C15H13BrF2O/c1-8-5-11(17)6-9(2)14(8)15(19)12-7-10(16)3-4-13(12)18/h3-7,15,19H,1-2H3. The Kier molecular flexibility index (Phi) is 4.02. The summed E-state index contributed by atoms with van der Waals surface area (Å²) in [5.74, 6) is -0.848. The van der Waals surface area contributed by atoms with Crippen molar-refractivity contribution in [2.75, 3.05) is 0 Å². The van der Waals surface area contributed by atoms with Crippen molar-refractivity contribution < 1.29 is 13.9 Å². The third kappa shape index (κ3) is 2.85. The first-order valence-electron chi connectivity index (χ1n) is 5.80. The first-order valence-corrected chi connectivity index (χ1v) is 6.59. The van der Waals surface area contributed by atoms with Crippen LogP contribution in [0.4, 0.5) is 8.78 Å². The molecular formula is C15H13BrF2O. The van der Waals surface area contributed by atoms with Gasteiger partial charge in [-0.15, -0.1) is 0 Å². The lowest BCUT2D eigenvalue weighted by atomic mass is 9.93. The predicted octanol–water partition coefficient (Wildman–Crippen LogP) is 4.43. The number of hydrogen-bond acceptors (Lipinski definition) is 1. The molecule has 4 heteroatoms. The van der Waals surface area contributed by atoms with Crippen molar-refractivity contribution >= 4 is 15.9 Å². The summed E-state index contributed by atoms with van der Waals surface area (Å²) >= 11 is 3.25. The molecule has 0 heterocycles. The molecule has 0 fully saturated rings. The van der Waals surface area contributed by atoms with Crippen molar-refractivity contribution in [3.63, 3.8) is 0 Å². The largest absolute Gasteiger partial charge is 0.384 e. The van der Waals surface area contributed by atoms with Crippen molar-refractivity contribution in [3.05, 3.63) is 68.7 Å². The first kappa shape index (κ1) is 14.2. The molecule has 0 spiro atoms. The zero-order valence-corrected chi connectivity index (χ0v) is 12.1. The summed E-state index contributed by atoms with van der Waals surface area (Å²) in [5.41, 5.74) is 1.92. The van der Waals surface area contributed by atoms with Gasteiger partial charge in [0, 0.05) is 10.0 Å². The van der Waals surface area contributed by atoms with Crippen LogP contribution in [-0.4, -0.2) is 5.11 Å². The number of aliphatic hydroxyl groups excluding tert-OH is 1. The van der Waals surface area contributed by atoms with Gasteiger partial charge in [0.1, 0.15) is 17.7 Å². The number of halogens is 3. The van der Waals surface area contributed by atoms with Crippen LogP contribution in [0.25, 0.3) is 0 Å². The van der Waals surface area contributed by atoms with Gasteiger partial charge in [-0.3, -0.25) is 0 Å². The van der Waals surface area contributed by atoms with Gasteiger partial charge in [0.2, 0.25) is 0 Å². The van der Waals surface area contributed by atoms with Crippen LogP contribution in [0.3, 0.4) is 0 Å². The molecule has 0 aromatic heterocycles. The second-order valence-electron chi connectivity index (χ2n) is 4.52. The smallest absolute Gasteiger partial charge is 0.129 e. The normalized spacial score (nSPS) is 12.5. The second-order valence-corrected chi connectivity index (χ2v) is 5.44. The van der Waals surface area contributed by atoms with Gasteiger partial charge in [-0.1, -0.05) is 15.9 Å². The Balaban J connectivity index is 2.56. The minimum atomic E-state index is -1.11. The number of aryl methyl sites for hydroxylation is 2. The third-order valence-corrected chi connectivity index (χ3v) is 3.58. The Morgan fingerprint density at radius 1 is 1.05 bits per heavy atom. The minimum Gasteiger partial charge on any atom is -0.384 e.